The Balaban J connectivity index is 1.74. The number of nitrogens with one attached hydrogen (secondary N) is 1. The first-order valence-electron chi connectivity index (χ1n) is 13.7. The van der Waals surface area contributed by atoms with Gasteiger partial charge < -0.3 is 15.3 Å². The summed E-state index contributed by atoms with van der Waals surface area (Å²) in [7, 11) is 0. The van der Waals surface area contributed by atoms with Crippen LogP contribution in [0.25, 0.3) is 0 Å². The largest absolute Gasteiger partial charge is 0.395 e. The lowest BCUT2D eigenvalue weighted by Crippen LogP contribution is -2.52. The molecule has 0 spiro atoms. The number of aliphatic hydroxyl groups excluding tert-OH is 1. The highest BCUT2D eigenvalue weighted by molar-refractivity contribution is 6.03. The normalized spacial score (nSPS) is 18.7. The van der Waals surface area contributed by atoms with E-state index in [1.165, 1.54) is 6.07 Å². The second-order valence-corrected chi connectivity index (χ2v) is 11.7. The van der Waals surface area contributed by atoms with Gasteiger partial charge in [0, 0.05) is 38.3 Å². The summed E-state index contributed by atoms with van der Waals surface area (Å²) in [6.45, 7) is 8.72. The van der Waals surface area contributed by atoms with Crippen molar-refractivity contribution in [3.8, 4) is 0 Å². The Labute approximate surface area is 224 Å². The Morgan fingerprint density at radius 1 is 1.18 bits per heavy atom. The number of Topliss-reactive ketones (excluding diaryl/α,β-unsaturated/α-hetero) is 1. The van der Waals surface area contributed by atoms with Crippen molar-refractivity contribution in [2.24, 2.45) is 17.3 Å². The molecule has 10 heteroatoms. The third-order valence-electron chi connectivity index (χ3n) is 7.77. The number of carbonyl (C=O) groups excluding carboxylic acids is 3. The van der Waals surface area contributed by atoms with Crippen molar-refractivity contribution in [3.05, 3.63) is 29.6 Å². The van der Waals surface area contributed by atoms with E-state index in [1.807, 2.05) is 25.7 Å². The number of carbonyl (C=O) groups is 3. The van der Waals surface area contributed by atoms with Gasteiger partial charge in [-0.15, -0.1) is 0 Å². The van der Waals surface area contributed by atoms with Crippen molar-refractivity contribution in [1.82, 2.24) is 15.3 Å². The van der Waals surface area contributed by atoms with Gasteiger partial charge in [-0.3, -0.25) is 24.5 Å². The molecule has 0 aromatic heterocycles. The third-order valence-corrected chi connectivity index (χ3v) is 7.77. The average Bonchev–Trinajstić information content (AvgIpc) is 3.39. The fourth-order valence-corrected chi connectivity index (χ4v) is 5.55. The lowest BCUT2D eigenvalue weighted by Gasteiger charge is -2.36. The van der Waals surface area contributed by atoms with Crippen molar-refractivity contribution >= 4 is 23.8 Å². The maximum atomic E-state index is 15.2. The number of halogens is 1. The first kappa shape index (κ1) is 30.0. The Morgan fingerprint density at radius 3 is 2.39 bits per heavy atom. The van der Waals surface area contributed by atoms with E-state index in [0.717, 1.165) is 38.8 Å². The van der Waals surface area contributed by atoms with Crippen LogP contribution in [-0.4, -0.2) is 90.3 Å². The first-order valence-corrected chi connectivity index (χ1v) is 13.7. The Morgan fingerprint density at radius 2 is 1.84 bits per heavy atom. The molecule has 1 aliphatic carbocycles. The molecule has 1 aromatic carbocycles. The lowest BCUT2D eigenvalue weighted by atomic mass is 9.81. The van der Waals surface area contributed by atoms with E-state index in [-0.39, 0.29) is 30.9 Å². The summed E-state index contributed by atoms with van der Waals surface area (Å²) in [5.74, 6) is -1.61. The van der Waals surface area contributed by atoms with Crippen LogP contribution < -0.4 is 10.2 Å². The summed E-state index contributed by atoms with van der Waals surface area (Å²) >= 11 is 0. The van der Waals surface area contributed by atoms with E-state index in [9.17, 15) is 19.6 Å². The van der Waals surface area contributed by atoms with Crippen LogP contribution in [0, 0.1) is 23.1 Å². The van der Waals surface area contributed by atoms with Gasteiger partial charge in [-0.1, -0.05) is 46.5 Å². The molecule has 2 atom stereocenters. The molecule has 1 saturated heterocycles. The van der Waals surface area contributed by atoms with Crippen LogP contribution in [0.5, 0.6) is 0 Å². The molecule has 2 fully saturated rings. The van der Waals surface area contributed by atoms with E-state index < -0.39 is 29.1 Å². The fourth-order valence-electron chi connectivity index (χ4n) is 5.55. The van der Waals surface area contributed by atoms with E-state index in [0.29, 0.717) is 42.7 Å². The van der Waals surface area contributed by atoms with Crippen LogP contribution in [0.2, 0.25) is 0 Å². The molecule has 0 radical (unpaired) electrons. The molecule has 2 aliphatic rings. The van der Waals surface area contributed by atoms with Crippen molar-refractivity contribution < 1.29 is 29.1 Å². The zero-order valence-corrected chi connectivity index (χ0v) is 22.9. The Hall–Kier alpha value is -2.56. The van der Waals surface area contributed by atoms with Gasteiger partial charge in [-0.2, -0.15) is 0 Å². The Kier molecular flexibility index (Phi) is 10.6. The molecule has 1 aromatic rings. The molecule has 1 aliphatic heterocycles. The van der Waals surface area contributed by atoms with Crippen LogP contribution in [0.4, 0.5) is 10.1 Å². The highest BCUT2D eigenvalue weighted by Gasteiger charge is 2.36. The number of ketones is 1. The third kappa shape index (κ3) is 7.97. The minimum absolute atomic E-state index is 0.0906. The summed E-state index contributed by atoms with van der Waals surface area (Å²) < 4.78 is 15.2. The maximum absolute atomic E-state index is 15.2. The first-order chi connectivity index (χ1) is 18.0. The van der Waals surface area contributed by atoms with Crippen LogP contribution in [0.15, 0.2) is 18.2 Å². The summed E-state index contributed by atoms with van der Waals surface area (Å²) in [5, 5.41) is 22.3. The van der Waals surface area contributed by atoms with Gasteiger partial charge >= 0.3 is 0 Å². The number of amides is 2. The molecular formula is C28H43FN4O5. The van der Waals surface area contributed by atoms with Crippen molar-refractivity contribution in [2.45, 2.75) is 58.9 Å². The standard InChI is InChI=1S/C28H43FN4O5/c1-28(2,3)26(30-27(37)22(18-33(38)19-35)16-20-6-4-5-7-20)25(36)21-8-9-24(23(29)17-21)32-12-10-31(11-13-32)14-15-34/h8-9,17,19-20,22,26,34,38H,4-7,10-16,18H2,1-3H3,(H,30,37)/t22-,26-/m1/s1. The molecule has 1 saturated carbocycles. The minimum atomic E-state index is -0.920. The van der Waals surface area contributed by atoms with Crippen LogP contribution in [0.1, 0.15) is 63.2 Å². The molecule has 3 rings (SSSR count). The van der Waals surface area contributed by atoms with Crippen LogP contribution in [-0.2, 0) is 9.59 Å². The number of rotatable bonds is 12. The molecule has 2 amide bonds. The van der Waals surface area contributed by atoms with Crippen molar-refractivity contribution in [2.75, 3.05) is 50.8 Å². The van der Waals surface area contributed by atoms with Gasteiger partial charge in [0.1, 0.15) is 5.82 Å². The zero-order chi connectivity index (χ0) is 27.9. The van der Waals surface area contributed by atoms with Gasteiger partial charge in [0.2, 0.25) is 12.3 Å². The van der Waals surface area contributed by atoms with Gasteiger partial charge in [-0.25, -0.2) is 9.45 Å². The molecule has 212 valence electrons. The molecule has 3 N–H and O–H groups in total. The predicted octanol–water partition coefficient (Wildman–Crippen LogP) is 2.70. The van der Waals surface area contributed by atoms with E-state index in [4.69, 9.17) is 5.11 Å². The number of aliphatic hydroxyl groups is 1. The maximum Gasteiger partial charge on any atom is 0.233 e. The summed E-state index contributed by atoms with van der Waals surface area (Å²) in [5.41, 5.74) is -0.0590. The Bertz CT molecular complexity index is 955. The van der Waals surface area contributed by atoms with Gasteiger partial charge in [0.15, 0.2) is 5.78 Å². The number of benzene rings is 1. The summed E-state index contributed by atoms with van der Waals surface area (Å²) in [4.78, 5) is 42.0. The minimum Gasteiger partial charge on any atom is -0.395 e. The zero-order valence-electron chi connectivity index (χ0n) is 22.9. The molecule has 0 unspecified atom stereocenters. The van der Waals surface area contributed by atoms with Gasteiger partial charge in [0.25, 0.3) is 0 Å². The molecule has 38 heavy (non-hydrogen) atoms. The SMILES string of the molecule is CC(C)(C)[C@H](NC(=O)[C@H](CC1CCCC1)CN(O)C=O)C(=O)c1ccc(N2CCN(CCO)CC2)c(F)c1. The number of hydrogen-bond donors (Lipinski definition) is 3. The molecule has 1 heterocycles. The predicted molar refractivity (Wildman–Crippen MR) is 142 cm³/mol. The second kappa shape index (κ2) is 13.5. The highest BCUT2D eigenvalue weighted by atomic mass is 19.1. The smallest absolute Gasteiger partial charge is 0.233 e. The highest BCUT2D eigenvalue weighted by Crippen LogP contribution is 2.32. The number of β-amino-alcohol motifs (C(OH)–C–C–N with tert-alkyl or cyclic N) is 1. The van der Waals surface area contributed by atoms with E-state index in [1.54, 1.807) is 12.1 Å². The van der Waals surface area contributed by atoms with Crippen molar-refractivity contribution in [3.63, 3.8) is 0 Å². The van der Waals surface area contributed by atoms with Gasteiger partial charge in [-0.05, 0) is 36.0 Å². The lowest BCUT2D eigenvalue weighted by molar-refractivity contribution is -0.155. The molecule has 9 nitrogen and oxygen atoms in total. The quantitative estimate of drug-likeness (QED) is 0.164. The number of anilines is 1. The fraction of sp³-hybridized carbons (Fsp3) is 0.679. The van der Waals surface area contributed by atoms with E-state index >= 15 is 4.39 Å². The number of hydroxylamine groups is 2. The average molecular weight is 535 g/mol. The monoisotopic (exact) mass is 534 g/mol. The second-order valence-electron chi connectivity index (χ2n) is 11.7. The number of hydrogen-bond acceptors (Lipinski definition) is 7. The van der Waals surface area contributed by atoms with Crippen LogP contribution >= 0.6 is 0 Å². The van der Waals surface area contributed by atoms with Gasteiger partial charge in [0.05, 0.1) is 30.8 Å². The molecule has 0 bridgehead atoms. The number of piperazine rings is 1. The van der Waals surface area contributed by atoms with E-state index in [2.05, 4.69) is 10.2 Å². The molecular weight excluding hydrogens is 491 g/mol. The van der Waals surface area contributed by atoms with Crippen molar-refractivity contribution in [1.29, 1.82) is 0 Å². The topological polar surface area (TPSA) is 113 Å². The van der Waals surface area contributed by atoms with Crippen LogP contribution in [0.3, 0.4) is 0 Å². The summed E-state index contributed by atoms with van der Waals surface area (Å²) in [6, 6.07) is 3.53. The summed E-state index contributed by atoms with van der Waals surface area (Å²) in [6.07, 6.45) is 4.99. The number of nitrogens with zero attached hydrogens (tertiary/aromatic N) is 3.